The zero-order valence-corrected chi connectivity index (χ0v) is 17.4. The van der Waals surface area contributed by atoms with Crippen LogP contribution in [0.1, 0.15) is 35.2 Å². The second kappa shape index (κ2) is 9.18. The third kappa shape index (κ3) is 4.57. The van der Waals surface area contributed by atoms with Crippen LogP contribution in [0.3, 0.4) is 0 Å². The van der Waals surface area contributed by atoms with Crippen LogP contribution in [0.15, 0.2) is 54.6 Å². The molecule has 1 unspecified atom stereocenters. The highest BCUT2D eigenvalue weighted by atomic mass is 16.5. The Labute approximate surface area is 177 Å². The first-order valence-electron chi connectivity index (χ1n) is 10.4. The number of carbonyl (C=O) groups excluding carboxylic acids is 1. The summed E-state index contributed by atoms with van der Waals surface area (Å²) < 4.78 is 17.3. The minimum Gasteiger partial charge on any atom is -0.495 e. The van der Waals surface area contributed by atoms with Crippen molar-refractivity contribution in [1.29, 1.82) is 0 Å². The minimum atomic E-state index is -0.232. The molecular weight excluding hydrogens is 378 g/mol. The van der Waals surface area contributed by atoms with E-state index in [0.717, 1.165) is 42.2 Å². The number of nitrogens with one attached hydrogen (secondary N) is 1. The van der Waals surface area contributed by atoms with Gasteiger partial charge in [0.25, 0.3) is 5.91 Å². The predicted molar refractivity (Wildman–Crippen MR) is 119 cm³/mol. The van der Waals surface area contributed by atoms with Crippen LogP contribution in [0.2, 0.25) is 0 Å². The van der Waals surface area contributed by atoms with Crippen LogP contribution in [0.5, 0.6) is 11.5 Å². The highest BCUT2D eigenvalue weighted by Crippen LogP contribution is 2.30. The molecule has 1 atom stereocenters. The lowest BCUT2D eigenvalue weighted by Crippen LogP contribution is -2.26. The molecule has 1 amide bonds. The minimum absolute atomic E-state index is 0.0676. The average Bonchev–Trinajstić information content (AvgIpc) is 2.78. The first kappa shape index (κ1) is 20.2. The number of aryl methyl sites for hydroxylation is 1. The fourth-order valence-electron chi connectivity index (χ4n) is 3.75. The number of carbonyl (C=O) groups is 1. The zero-order valence-electron chi connectivity index (χ0n) is 17.4. The topological polar surface area (TPSA) is 56.8 Å². The summed E-state index contributed by atoms with van der Waals surface area (Å²) in [6.07, 6.45) is 3.29. The molecule has 3 aromatic rings. The lowest BCUT2D eigenvalue weighted by molar-refractivity contribution is -0.0111. The number of amides is 1. The molecule has 5 nitrogen and oxygen atoms in total. The van der Waals surface area contributed by atoms with Crippen LogP contribution in [0, 0.1) is 6.92 Å². The smallest absolute Gasteiger partial charge is 0.259 e. The quantitative estimate of drug-likeness (QED) is 0.600. The standard InChI is InChI=1S/C25H27NO4/c1-17-10-11-23(28-2)22(13-17)26-25(27)21-14-18-7-3-4-8-19(18)15-24(21)30-16-20-9-5-6-12-29-20/h3-4,7-8,10-11,13-15,20H,5-6,9,12,16H2,1-2H3,(H,26,27). The van der Waals surface area contributed by atoms with Gasteiger partial charge in [-0.25, -0.2) is 0 Å². The number of hydrogen-bond donors (Lipinski definition) is 1. The van der Waals surface area contributed by atoms with E-state index in [-0.39, 0.29) is 12.0 Å². The van der Waals surface area contributed by atoms with Crippen molar-refractivity contribution in [3.8, 4) is 11.5 Å². The van der Waals surface area contributed by atoms with Crippen molar-refractivity contribution in [1.82, 2.24) is 0 Å². The number of rotatable bonds is 6. The van der Waals surface area contributed by atoms with E-state index in [9.17, 15) is 4.79 Å². The van der Waals surface area contributed by atoms with E-state index in [1.807, 2.05) is 61.5 Å². The van der Waals surface area contributed by atoms with Crippen molar-refractivity contribution in [2.45, 2.75) is 32.3 Å². The van der Waals surface area contributed by atoms with E-state index >= 15 is 0 Å². The van der Waals surface area contributed by atoms with Crippen molar-refractivity contribution >= 4 is 22.4 Å². The molecule has 1 aliphatic rings. The Morgan fingerprint density at radius 2 is 1.87 bits per heavy atom. The Morgan fingerprint density at radius 1 is 1.07 bits per heavy atom. The van der Waals surface area contributed by atoms with Gasteiger partial charge in [0.15, 0.2) is 0 Å². The third-order valence-electron chi connectivity index (χ3n) is 5.39. The summed E-state index contributed by atoms with van der Waals surface area (Å²) in [7, 11) is 1.59. The predicted octanol–water partition coefficient (Wildman–Crippen LogP) is 5.36. The first-order valence-corrected chi connectivity index (χ1v) is 10.4. The molecule has 30 heavy (non-hydrogen) atoms. The summed E-state index contributed by atoms with van der Waals surface area (Å²) in [5.74, 6) is 0.948. The fourth-order valence-corrected chi connectivity index (χ4v) is 3.75. The average molecular weight is 405 g/mol. The van der Waals surface area contributed by atoms with Gasteiger partial charge in [0.2, 0.25) is 0 Å². The fraction of sp³-hybridized carbons (Fsp3) is 0.320. The Kier molecular flexibility index (Phi) is 6.19. The van der Waals surface area contributed by atoms with E-state index in [2.05, 4.69) is 5.32 Å². The molecule has 0 bridgehead atoms. The molecule has 0 saturated carbocycles. The van der Waals surface area contributed by atoms with E-state index in [1.165, 1.54) is 0 Å². The van der Waals surface area contributed by atoms with Crippen molar-refractivity contribution < 1.29 is 19.0 Å². The van der Waals surface area contributed by atoms with Crippen LogP contribution >= 0.6 is 0 Å². The van der Waals surface area contributed by atoms with Crippen LogP contribution in [0.4, 0.5) is 5.69 Å². The molecule has 0 spiro atoms. The Bertz CT molecular complexity index is 1040. The Morgan fingerprint density at radius 3 is 2.60 bits per heavy atom. The molecule has 3 aromatic carbocycles. The maximum atomic E-state index is 13.2. The first-order chi connectivity index (χ1) is 14.6. The number of hydrogen-bond acceptors (Lipinski definition) is 4. The molecule has 5 heteroatoms. The molecule has 1 fully saturated rings. The number of fused-ring (bicyclic) bond motifs is 1. The Hall–Kier alpha value is -3.05. The van der Waals surface area contributed by atoms with Gasteiger partial charge in [0.1, 0.15) is 18.1 Å². The SMILES string of the molecule is COc1ccc(C)cc1NC(=O)c1cc2ccccc2cc1OCC1CCCCO1. The second-order valence-corrected chi connectivity index (χ2v) is 7.65. The maximum Gasteiger partial charge on any atom is 0.259 e. The second-order valence-electron chi connectivity index (χ2n) is 7.65. The van der Waals surface area contributed by atoms with Crippen molar-refractivity contribution in [3.63, 3.8) is 0 Å². The molecular formula is C25H27NO4. The van der Waals surface area contributed by atoms with Crippen molar-refractivity contribution in [2.24, 2.45) is 0 Å². The highest BCUT2D eigenvalue weighted by molar-refractivity contribution is 6.09. The van der Waals surface area contributed by atoms with Gasteiger partial charge in [0, 0.05) is 6.61 Å². The van der Waals surface area contributed by atoms with E-state index in [4.69, 9.17) is 14.2 Å². The van der Waals surface area contributed by atoms with Gasteiger partial charge < -0.3 is 19.5 Å². The summed E-state index contributed by atoms with van der Waals surface area (Å²) in [5.41, 5.74) is 2.17. The summed E-state index contributed by atoms with van der Waals surface area (Å²) in [4.78, 5) is 13.2. The monoisotopic (exact) mass is 405 g/mol. The van der Waals surface area contributed by atoms with E-state index in [1.54, 1.807) is 7.11 Å². The van der Waals surface area contributed by atoms with E-state index in [0.29, 0.717) is 29.4 Å². The summed E-state index contributed by atoms with van der Waals surface area (Å²) in [6.45, 7) is 3.18. The normalized spacial score (nSPS) is 16.3. The lowest BCUT2D eigenvalue weighted by atomic mass is 10.0. The van der Waals surface area contributed by atoms with Crippen LogP contribution in [-0.4, -0.2) is 32.3 Å². The largest absolute Gasteiger partial charge is 0.495 e. The summed E-state index contributed by atoms with van der Waals surface area (Å²) in [5, 5.41) is 5.00. The number of anilines is 1. The highest BCUT2D eigenvalue weighted by Gasteiger charge is 2.19. The van der Waals surface area contributed by atoms with Gasteiger partial charge in [-0.1, -0.05) is 30.3 Å². The number of benzene rings is 3. The molecule has 0 radical (unpaired) electrons. The van der Waals surface area contributed by atoms with Crippen LogP contribution < -0.4 is 14.8 Å². The van der Waals surface area contributed by atoms with Crippen LogP contribution in [0.25, 0.3) is 10.8 Å². The van der Waals surface area contributed by atoms with Crippen molar-refractivity contribution in [2.75, 3.05) is 25.6 Å². The number of ether oxygens (including phenoxy) is 3. The lowest BCUT2D eigenvalue weighted by Gasteiger charge is -2.23. The molecule has 1 heterocycles. The van der Waals surface area contributed by atoms with Gasteiger partial charge in [-0.15, -0.1) is 0 Å². The molecule has 156 valence electrons. The molecule has 1 aliphatic heterocycles. The summed E-state index contributed by atoms with van der Waals surface area (Å²) in [6, 6.07) is 17.5. The number of methoxy groups -OCH3 is 1. The summed E-state index contributed by atoms with van der Waals surface area (Å²) >= 11 is 0. The molecule has 0 aromatic heterocycles. The van der Waals surface area contributed by atoms with Gasteiger partial charge >= 0.3 is 0 Å². The van der Waals surface area contributed by atoms with Gasteiger partial charge in [-0.2, -0.15) is 0 Å². The van der Waals surface area contributed by atoms with Gasteiger partial charge in [0.05, 0.1) is 24.5 Å². The third-order valence-corrected chi connectivity index (χ3v) is 5.39. The molecule has 1 saturated heterocycles. The molecule has 0 aliphatic carbocycles. The molecule has 4 rings (SSSR count). The maximum absolute atomic E-state index is 13.2. The van der Waals surface area contributed by atoms with Gasteiger partial charge in [-0.05, 0) is 66.8 Å². The van der Waals surface area contributed by atoms with Crippen molar-refractivity contribution in [3.05, 3.63) is 65.7 Å². The Balaban J connectivity index is 1.63. The molecule has 1 N–H and O–H groups in total. The zero-order chi connectivity index (χ0) is 20.9. The van der Waals surface area contributed by atoms with Gasteiger partial charge in [-0.3, -0.25) is 4.79 Å². The van der Waals surface area contributed by atoms with Crippen LogP contribution in [-0.2, 0) is 4.74 Å². The van der Waals surface area contributed by atoms with E-state index < -0.39 is 0 Å².